The number of benzene rings is 1. The maximum atomic E-state index is 5.62. The van der Waals surface area contributed by atoms with Crippen LogP contribution in [0.15, 0.2) is 35.3 Å². The Bertz CT molecular complexity index is 413. The number of hydrogen-bond acceptors (Lipinski definition) is 4. The SMILES string of the molecule is CN=C(NCCCCOCCOC)NCCOc1ccccc1. The first-order chi connectivity index (χ1) is 11.4. The molecule has 0 heterocycles. The molecule has 23 heavy (non-hydrogen) atoms. The molecule has 1 aromatic rings. The molecule has 6 nitrogen and oxygen atoms in total. The number of guanidine groups is 1. The maximum absolute atomic E-state index is 5.62. The Morgan fingerprint density at radius 2 is 1.74 bits per heavy atom. The molecule has 0 atom stereocenters. The van der Waals surface area contributed by atoms with Gasteiger partial charge in [-0.05, 0) is 25.0 Å². The summed E-state index contributed by atoms with van der Waals surface area (Å²) >= 11 is 0. The molecule has 0 spiro atoms. The summed E-state index contributed by atoms with van der Waals surface area (Å²) in [7, 11) is 3.44. The molecule has 0 aliphatic heterocycles. The topological polar surface area (TPSA) is 64.1 Å². The Morgan fingerprint density at radius 3 is 2.48 bits per heavy atom. The number of nitrogens with zero attached hydrogens (tertiary/aromatic N) is 1. The van der Waals surface area contributed by atoms with Gasteiger partial charge in [0.1, 0.15) is 12.4 Å². The fourth-order valence-electron chi connectivity index (χ4n) is 1.86. The van der Waals surface area contributed by atoms with E-state index in [1.54, 1.807) is 14.2 Å². The lowest BCUT2D eigenvalue weighted by atomic mass is 10.3. The predicted molar refractivity (Wildman–Crippen MR) is 93.2 cm³/mol. The zero-order valence-corrected chi connectivity index (χ0v) is 14.2. The van der Waals surface area contributed by atoms with E-state index in [1.165, 1.54) is 0 Å². The van der Waals surface area contributed by atoms with Gasteiger partial charge in [-0.15, -0.1) is 0 Å². The summed E-state index contributed by atoms with van der Waals surface area (Å²) < 4.78 is 16.0. The Kier molecular flexibility index (Phi) is 11.6. The van der Waals surface area contributed by atoms with Crippen LogP contribution in [0, 0.1) is 0 Å². The van der Waals surface area contributed by atoms with Gasteiger partial charge in [-0.3, -0.25) is 4.99 Å². The largest absolute Gasteiger partial charge is 0.492 e. The minimum absolute atomic E-state index is 0.595. The Hall–Kier alpha value is -1.79. The fourth-order valence-corrected chi connectivity index (χ4v) is 1.86. The van der Waals surface area contributed by atoms with E-state index in [1.807, 2.05) is 30.3 Å². The lowest BCUT2D eigenvalue weighted by molar-refractivity contribution is 0.0689. The third kappa shape index (κ3) is 10.5. The molecule has 0 aromatic heterocycles. The van der Waals surface area contributed by atoms with E-state index in [0.717, 1.165) is 37.7 Å². The molecule has 0 radical (unpaired) electrons. The van der Waals surface area contributed by atoms with Gasteiger partial charge in [-0.25, -0.2) is 0 Å². The smallest absolute Gasteiger partial charge is 0.191 e. The van der Waals surface area contributed by atoms with Gasteiger partial charge >= 0.3 is 0 Å². The third-order valence-electron chi connectivity index (χ3n) is 3.07. The van der Waals surface area contributed by atoms with Crippen LogP contribution in [0.2, 0.25) is 0 Å². The van der Waals surface area contributed by atoms with Crippen molar-refractivity contribution in [2.45, 2.75) is 12.8 Å². The average molecular weight is 323 g/mol. The van der Waals surface area contributed by atoms with Crippen molar-refractivity contribution in [3.8, 4) is 5.75 Å². The molecule has 2 N–H and O–H groups in total. The lowest BCUT2D eigenvalue weighted by Gasteiger charge is -2.12. The number of rotatable bonds is 12. The maximum Gasteiger partial charge on any atom is 0.191 e. The Balaban J connectivity index is 1.97. The molecule has 0 amide bonds. The molecule has 0 saturated heterocycles. The first-order valence-electron chi connectivity index (χ1n) is 8.06. The molecule has 1 rings (SSSR count). The van der Waals surface area contributed by atoms with Crippen LogP contribution < -0.4 is 15.4 Å². The zero-order chi connectivity index (χ0) is 16.6. The lowest BCUT2D eigenvalue weighted by Crippen LogP contribution is -2.39. The van der Waals surface area contributed by atoms with E-state index in [0.29, 0.717) is 26.4 Å². The van der Waals surface area contributed by atoms with Gasteiger partial charge in [0.25, 0.3) is 0 Å². The fraction of sp³-hybridized carbons (Fsp3) is 0.588. The van der Waals surface area contributed by atoms with Crippen molar-refractivity contribution in [1.29, 1.82) is 0 Å². The monoisotopic (exact) mass is 323 g/mol. The highest BCUT2D eigenvalue weighted by atomic mass is 16.5. The van der Waals surface area contributed by atoms with Crippen molar-refractivity contribution in [2.24, 2.45) is 4.99 Å². The van der Waals surface area contributed by atoms with Gasteiger partial charge in [-0.1, -0.05) is 18.2 Å². The van der Waals surface area contributed by atoms with Gasteiger partial charge in [-0.2, -0.15) is 0 Å². The number of hydrogen-bond donors (Lipinski definition) is 2. The van der Waals surface area contributed by atoms with Crippen LogP contribution >= 0.6 is 0 Å². The van der Waals surface area contributed by atoms with Gasteiger partial charge < -0.3 is 24.8 Å². The summed E-state index contributed by atoms with van der Waals surface area (Å²) in [6.45, 7) is 4.25. The van der Waals surface area contributed by atoms with Crippen LogP contribution in [0.3, 0.4) is 0 Å². The molecule has 0 aliphatic rings. The zero-order valence-electron chi connectivity index (χ0n) is 14.2. The summed E-state index contributed by atoms with van der Waals surface area (Å²) in [6.07, 6.45) is 2.05. The van der Waals surface area contributed by atoms with Crippen molar-refractivity contribution < 1.29 is 14.2 Å². The van der Waals surface area contributed by atoms with E-state index < -0.39 is 0 Å². The molecular weight excluding hydrogens is 294 g/mol. The molecule has 6 heteroatoms. The Labute approximate surface area is 139 Å². The van der Waals surface area contributed by atoms with Crippen molar-refractivity contribution in [2.75, 3.05) is 53.7 Å². The molecule has 0 saturated carbocycles. The van der Waals surface area contributed by atoms with Gasteiger partial charge in [0.2, 0.25) is 0 Å². The minimum atomic E-state index is 0.595. The highest BCUT2D eigenvalue weighted by molar-refractivity contribution is 5.79. The summed E-state index contributed by atoms with van der Waals surface area (Å²) in [5.74, 6) is 1.67. The second-order valence-corrected chi connectivity index (χ2v) is 4.90. The van der Waals surface area contributed by atoms with Crippen LogP contribution in [-0.2, 0) is 9.47 Å². The minimum Gasteiger partial charge on any atom is -0.492 e. The van der Waals surface area contributed by atoms with Crippen molar-refractivity contribution in [3.63, 3.8) is 0 Å². The van der Waals surface area contributed by atoms with Crippen LogP contribution in [0.4, 0.5) is 0 Å². The number of para-hydroxylation sites is 1. The second kappa shape index (κ2) is 13.8. The standard InChI is InChI=1S/C17H29N3O3/c1-18-17(19-10-6-7-12-22-15-14-21-2)20-11-13-23-16-8-4-3-5-9-16/h3-5,8-9H,6-7,10-15H2,1-2H3,(H2,18,19,20). The number of ether oxygens (including phenoxy) is 3. The van der Waals surface area contributed by atoms with Crippen LogP contribution in [0.5, 0.6) is 5.75 Å². The average Bonchev–Trinajstić information content (AvgIpc) is 2.60. The second-order valence-electron chi connectivity index (χ2n) is 4.90. The number of unbranched alkanes of at least 4 members (excludes halogenated alkanes) is 1. The first kappa shape index (κ1) is 19.3. The quantitative estimate of drug-likeness (QED) is 0.348. The molecule has 130 valence electrons. The number of methoxy groups -OCH3 is 1. The van der Waals surface area contributed by atoms with Gasteiger partial charge in [0.05, 0.1) is 19.8 Å². The summed E-state index contributed by atoms with van der Waals surface area (Å²) in [5.41, 5.74) is 0. The molecule has 1 aromatic carbocycles. The van der Waals surface area contributed by atoms with Gasteiger partial charge in [0, 0.05) is 27.3 Å². The highest BCUT2D eigenvalue weighted by Gasteiger charge is 1.97. The summed E-state index contributed by atoms with van der Waals surface area (Å²) in [5, 5.41) is 6.50. The number of nitrogens with one attached hydrogen (secondary N) is 2. The Morgan fingerprint density at radius 1 is 0.957 bits per heavy atom. The van der Waals surface area contributed by atoms with Crippen LogP contribution in [-0.4, -0.2) is 59.6 Å². The first-order valence-corrected chi connectivity index (χ1v) is 8.06. The van der Waals surface area contributed by atoms with Crippen LogP contribution in [0.25, 0.3) is 0 Å². The van der Waals surface area contributed by atoms with E-state index in [4.69, 9.17) is 14.2 Å². The molecular formula is C17H29N3O3. The summed E-state index contributed by atoms with van der Waals surface area (Å²) in [4.78, 5) is 4.18. The number of aliphatic imine (C=N–C) groups is 1. The molecule has 0 unspecified atom stereocenters. The van der Waals surface area contributed by atoms with Crippen molar-refractivity contribution in [1.82, 2.24) is 10.6 Å². The molecule has 0 bridgehead atoms. The van der Waals surface area contributed by atoms with E-state index >= 15 is 0 Å². The van der Waals surface area contributed by atoms with Crippen molar-refractivity contribution in [3.05, 3.63) is 30.3 Å². The van der Waals surface area contributed by atoms with E-state index in [2.05, 4.69) is 15.6 Å². The highest BCUT2D eigenvalue weighted by Crippen LogP contribution is 2.07. The van der Waals surface area contributed by atoms with Gasteiger partial charge in [0.15, 0.2) is 5.96 Å². The van der Waals surface area contributed by atoms with E-state index in [9.17, 15) is 0 Å². The third-order valence-corrected chi connectivity index (χ3v) is 3.07. The van der Waals surface area contributed by atoms with Crippen molar-refractivity contribution >= 4 is 5.96 Å². The predicted octanol–water partition coefficient (Wildman–Crippen LogP) is 1.67. The normalized spacial score (nSPS) is 11.3. The van der Waals surface area contributed by atoms with E-state index in [-0.39, 0.29) is 0 Å². The summed E-state index contributed by atoms with van der Waals surface area (Å²) in [6, 6.07) is 9.79. The van der Waals surface area contributed by atoms with Crippen LogP contribution in [0.1, 0.15) is 12.8 Å². The molecule has 0 aliphatic carbocycles. The molecule has 0 fully saturated rings.